The lowest BCUT2D eigenvalue weighted by Crippen LogP contribution is -2.50. The second-order valence-electron chi connectivity index (χ2n) is 6.69. The molecule has 1 atom stereocenters. The number of urea groups is 1. The Hall–Kier alpha value is -1.63. The van der Waals surface area contributed by atoms with Gasteiger partial charge in [-0.1, -0.05) is 0 Å². The van der Waals surface area contributed by atoms with Crippen LogP contribution in [0.3, 0.4) is 0 Å². The Morgan fingerprint density at radius 3 is 2.48 bits per heavy atom. The van der Waals surface area contributed by atoms with Crippen LogP contribution in [0.25, 0.3) is 0 Å². The van der Waals surface area contributed by atoms with Crippen molar-refractivity contribution < 1.29 is 24.2 Å². The monoisotopic (exact) mass is 300 g/mol. The van der Waals surface area contributed by atoms with Crippen molar-refractivity contribution in [3.8, 4) is 0 Å². The first-order chi connectivity index (χ1) is 9.52. The molecule has 3 N–H and O–H groups in total. The number of hydrogen-bond acceptors (Lipinski definition) is 4. The highest BCUT2D eigenvalue weighted by Crippen LogP contribution is 2.24. The number of carboxylic acids is 1. The van der Waals surface area contributed by atoms with Gasteiger partial charge in [-0.2, -0.15) is 0 Å². The number of nitrogens with one attached hydrogen (secondary N) is 2. The Labute approximate surface area is 124 Å². The van der Waals surface area contributed by atoms with Gasteiger partial charge in [-0.25, -0.2) is 4.79 Å². The predicted molar refractivity (Wildman–Crippen MR) is 75.8 cm³/mol. The van der Waals surface area contributed by atoms with E-state index in [0.29, 0.717) is 19.4 Å². The first kappa shape index (κ1) is 17.4. The molecular formula is C14H24N2O5. The van der Waals surface area contributed by atoms with Gasteiger partial charge in [0.1, 0.15) is 0 Å². The van der Waals surface area contributed by atoms with Crippen molar-refractivity contribution in [2.24, 2.45) is 5.41 Å². The van der Waals surface area contributed by atoms with Gasteiger partial charge in [-0.05, 0) is 40.5 Å². The number of aliphatic carboxylic acids is 1. The summed E-state index contributed by atoms with van der Waals surface area (Å²) in [5, 5.41) is 13.8. The molecule has 0 aromatic rings. The van der Waals surface area contributed by atoms with Crippen LogP contribution in [0.15, 0.2) is 0 Å². The quantitative estimate of drug-likeness (QED) is 0.725. The van der Waals surface area contributed by atoms with Gasteiger partial charge in [0, 0.05) is 19.1 Å². The average molecular weight is 300 g/mol. The van der Waals surface area contributed by atoms with E-state index in [1.54, 1.807) is 0 Å². The summed E-state index contributed by atoms with van der Waals surface area (Å²) in [7, 11) is 0. The van der Waals surface area contributed by atoms with Crippen molar-refractivity contribution in [1.82, 2.24) is 10.6 Å². The van der Waals surface area contributed by atoms with Crippen molar-refractivity contribution in [1.29, 1.82) is 0 Å². The largest absolute Gasteiger partial charge is 0.481 e. The minimum absolute atomic E-state index is 0.0611. The lowest BCUT2D eigenvalue weighted by molar-refractivity contribution is -0.149. The molecule has 0 spiro atoms. The maximum atomic E-state index is 11.8. The normalized spacial score (nSPS) is 21.4. The molecule has 1 aliphatic heterocycles. The smallest absolute Gasteiger partial charge is 0.321 e. The van der Waals surface area contributed by atoms with E-state index in [-0.39, 0.29) is 18.1 Å². The van der Waals surface area contributed by atoms with Gasteiger partial charge < -0.3 is 15.2 Å². The lowest BCUT2D eigenvalue weighted by atomic mass is 9.89. The Morgan fingerprint density at radius 2 is 1.95 bits per heavy atom. The molecule has 0 aliphatic carbocycles. The number of imide groups is 1. The number of ether oxygens (including phenoxy) is 1. The standard InChI is InChI=1S/C14H24N2O5/c1-13(2,11(18)19)8-10(17)16-12(20)15-9-5-6-21-14(3,4)7-9/h9H,5-8H2,1-4H3,(H,18,19)(H2,15,16,17,20). The summed E-state index contributed by atoms with van der Waals surface area (Å²) in [4.78, 5) is 34.4. The molecule has 0 radical (unpaired) electrons. The maximum Gasteiger partial charge on any atom is 0.321 e. The summed E-state index contributed by atoms with van der Waals surface area (Å²) >= 11 is 0. The van der Waals surface area contributed by atoms with Crippen LogP contribution in [-0.2, 0) is 14.3 Å². The lowest BCUT2D eigenvalue weighted by Gasteiger charge is -2.35. The van der Waals surface area contributed by atoms with Crippen molar-refractivity contribution >= 4 is 17.9 Å². The van der Waals surface area contributed by atoms with E-state index in [1.165, 1.54) is 13.8 Å². The summed E-state index contributed by atoms with van der Waals surface area (Å²) < 4.78 is 5.55. The van der Waals surface area contributed by atoms with Gasteiger partial charge in [-0.15, -0.1) is 0 Å². The van der Waals surface area contributed by atoms with E-state index in [1.807, 2.05) is 13.8 Å². The van der Waals surface area contributed by atoms with Gasteiger partial charge >= 0.3 is 12.0 Å². The highest BCUT2D eigenvalue weighted by Gasteiger charge is 2.32. The van der Waals surface area contributed by atoms with E-state index in [2.05, 4.69) is 10.6 Å². The van der Waals surface area contributed by atoms with Crippen molar-refractivity contribution in [3.05, 3.63) is 0 Å². The molecule has 1 saturated heterocycles. The molecule has 0 bridgehead atoms. The molecule has 1 unspecified atom stereocenters. The van der Waals surface area contributed by atoms with Crippen LogP contribution in [0, 0.1) is 5.41 Å². The summed E-state index contributed by atoms with van der Waals surface area (Å²) in [6.07, 6.45) is 1.09. The Kier molecular flexibility index (Phi) is 5.33. The summed E-state index contributed by atoms with van der Waals surface area (Å²) in [5.74, 6) is -1.68. The van der Waals surface area contributed by atoms with E-state index >= 15 is 0 Å². The Balaban J connectivity index is 2.43. The fraction of sp³-hybridized carbons (Fsp3) is 0.786. The Bertz CT molecular complexity index is 431. The minimum Gasteiger partial charge on any atom is -0.481 e. The topological polar surface area (TPSA) is 105 Å². The van der Waals surface area contributed by atoms with Gasteiger partial charge in [0.2, 0.25) is 5.91 Å². The number of carbonyl (C=O) groups is 3. The zero-order valence-corrected chi connectivity index (χ0v) is 13.0. The van der Waals surface area contributed by atoms with E-state index < -0.39 is 23.3 Å². The molecule has 1 rings (SSSR count). The van der Waals surface area contributed by atoms with E-state index in [9.17, 15) is 14.4 Å². The number of amides is 3. The van der Waals surface area contributed by atoms with Gasteiger partial charge in [0.15, 0.2) is 0 Å². The van der Waals surface area contributed by atoms with Crippen LogP contribution >= 0.6 is 0 Å². The third-order valence-electron chi connectivity index (χ3n) is 3.47. The molecule has 1 aliphatic rings. The summed E-state index contributed by atoms with van der Waals surface area (Å²) in [6, 6.07) is -0.655. The molecule has 7 heteroatoms. The minimum atomic E-state index is -1.20. The Morgan fingerprint density at radius 1 is 1.33 bits per heavy atom. The SMILES string of the molecule is CC1(C)CC(NC(=O)NC(=O)CC(C)(C)C(=O)O)CCO1. The van der Waals surface area contributed by atoms with Crippen LogP contribution < -0.4 is 10.6 Å². The van der Waals surface area contributed by atoms with Crippen molar-refractivity contribution in [2.45, 2.75) is 58.6 Å². The summed E-state index contributed by atoms with van der Waals surface area (Å²) in [6.45, 7) is 7.32. The zero-order valence-electron chi connectivity index (χ0n) is 13.0. The molecule has 120 valence electrons. The second-order valence-corrected chi connectivity index (χ2v) is 6.69. The highest BCUT2D eigenvalue weighted by molar-refractivity contribution is 5.96. The predicted octanol–water partition coefficient (Wildman–Crippen LogP) is 1.27. The van der Waals surface area contributed by atoms with Crippen LogP contribution in [0.4, 0.5) is 4.79 Å². The molecule has 0 aromatic carbocycles. The van der Waals surface area contributed by atoms with Gasteiger partial charge in [0.05, 0.1) is 11.0 Å². The number of rotatable bonds is 4. The molecule has 7 nitrogen and oxygen atoms in total. The first-order valence-corrected chi connectivity index (χ1v) is 6.99. The molecule has 0 aromatic heterocycles. The fourth-order valence-corrected chi connectivity index (χ4v) is 2.22. The van der Waals surface area contributed by atoms with Crippen molar-refractivity contribution in [3.63, 3.8) is 0 Å². The van der Waals surface area contributed by atoms with E-state index in [0.717, 1.165) is 0 Å². The maximum absolute atomic E-state index is 11.8. The molecule has 21 heavy (non-hydrogen) atoms. The summed E-state index contributed by atoms with van der Waals surface area (Å²) in [5.41, 5.74) is -1.50. The number of carboxylic acid groups (broad SMARTS) is 1. The molecular weight excluding hydrogens is 276 g/mol. The van der Waals surface area contributed by atoms with Crippen LogP contribution in [0.5, 0.6) is 0 Å². The van der Waals surface area contributed by atoms with Crippen molar-refractivity contribution in [2.75, 3.05) is 6.61 Å². The van der Waals surface area contributed by atoms with Gasteiger partial charge in [0.25, 0.3) is 0 Å². The zero-order chi connectivity index (χ0) is 16.3. The third kappa shape index (κ3) is 5.71. The van der Waals surface area contributed by atoms with Gasteiger partial charge in [-0.3, -0.25) is 14.9 Å². The molecule has 1 fully saturated rings. The van der Waals surface area contributed by atoms with Crippen LogP contribution in [-0.4, -0.2) is 41.3 Å². The fourth-order valence-electron chi connectivity index (χ4n) is 2.22. The van der Waals surface area contributed by atoms with E-state index in [4.69, 9.17) is 9.84 Å². The van der Waals surface area contributed by atoms with Crippen LogP contribution in [0.2, 0.25) is 0 Å². The number of carbonyl (C=O) groups excluding carboxylic acids is 2. The average Bonchev–Trinajstić information content (AvgIpc) is 2.25. The second kappa shape index (κ2) is 6.43. The first-order valence-electron chi connectivity index (χ1n) is 6.99. The molecule has 3 amide bonds. The van der Waals surface area contributed by atoms with Crippen LogP contribution in [0.1, 0.15) is 47.0 Å². The number of hydrogen-bond donors (Lipinski definition) is 3. The molecule has 0 saturated carbocycles. The molecule has 1 heterocycles. The third-order valence-corrected chi connectivity index (χ3v) is 3.47. The highest BCUT2D eigenvalue weighted by atomic mass is 16.5.